The van der Waals surface area contributed by atoms with Gasteiger partial charge in [-0.15, -0.1) is 11.3 Å². The molecule has 0 amide bonds. The molecule has 12 heavy (non-hydrogen) atoms. The summed E-state index contributed by atoms with van der Waals surface area (Å²) >= 11 is 1.93. The molecule has 2 heteroatoms. The number of thiophene rings is 1. The Kier molecular flexibility index (Phi) is 2.47. The molecule has 1 aromatic heterocycles. The van der Waals surface area contributed by atoms with Crippen LogP contribution in [0.15, 0.2) is 11.4 Å². The number of hydrogen-bond acceptors (Lipinski definition) is 2. The van der Waals surface area contributed by atoms with Gasteiger partial charge in [-0.2, -0.15) is 0 Å². The fourth-order valence-electron chi connectivity index (χ4n) is 1.88. The van der Waals surface area contributed by atoms with Crippen LogP contribution in [-0.4, -0.2) is 13.1 Å². The van der Waals surface area contributed by atoms with Crippen molar-refractivity contribution in [2.45, 2.75) is 25.7 Å². The molecule has 66 valence electrons. The Morgan fingerprint density at radius 3 is 3.25 bits per heavy atom. The molecule has 1 nitrogen and oxygen atoms in total. The van der Waals surface area contributed by atoms with Gasteiger partial charge in [0.25, 0.3) is 0 Å². The summed E-state index contributed by atoms with van der Waals surface area (Å²) in [5.41, 5.74) is 1.56. The van der Waals surface area contributed by atoms with Crippen molar-refractivity contribution >= 4 is 11.3 Å². The van der Waals surface area contributed by atoms with E-state index in [9.17, 15) is 0 Å². The van der Waals surface area contributed by atoms with Gasteiger partial charge in [0.2, 0.25) is 0 Å². The van der Waals surface area contributed by atoms with Gasteiger partial charge in [0.1, 0.15) is 0 Å². The van der Waals surface area contributed by atoms with Crippen LogP contribution in [0.25, 0.3) is 0 Å². The van der Waals surface area contributed by atoms with Crippen LogP contribution in [0, 0.1) is 0 Å². The highest BCUT2D eigenvalue weighted by Crippen LogP contribution is 2.30. The molecule has 0 saturated carbocycles. The van der Waals surface area contributed by atoms with E-state index in [4.69, 9.17) is 0 Å². The molecule has 1 aliphatic heterocycles. The van der Waals surface area contributed by atoms with Gasteiger partial charge in [-0.1, -0.05) is 6.92 Å². The SMILES string of the molecule is CCc1ccsc1C1CCNC1. The van der Waals surface area contributed by atoms with E-state index in [-0.39, 0.29) is 0 Å². The largest absolute Gasteiger partial charge is 0.316 e. The fraction of sp³-hybridized carbons (Fsp3) is 0.600. The zero-order valence-electron chi connectivity index (χ0n) is 7.47. The minimum Gasteiger partial charge on any atom is -0.316 e. The summed E-state index contributed by atoms with van der Waals surface area (Å²) in [4.78, 5) is 1.63. The monoisotopic (exact) mass is 181 g/mol. The molecule has 1 fully saturated rings. The van der Waals surface area contributed by atoms with E-state index in [1.54, 1.807) is 10.4 Å². The molecule has 1 aliphatic rings. The van der Waals surface area contributed by atoms with Crippen molar-refractivity contribution in [1.29, 1.82) is 0 Å². The Bertz CT molecular complexity index is 248. The van der Waals surface area contributed by atoms with Crippen LogP contribution < -0.4 is 5.32 Å². The Morgan fingerprint density at radius 2 is 2.58 bits per heavy atom. The molecule has 1 N–H and O–H groups in total. The number of aryl methyl sites for hydroxylation is 1. The van der Waals surface area contributed by atoms with E-state index in [1.165, 1.54) is 25.9 Å². The lowest BCUT2D eigenvalue weighted by atomic mass is 10.0. The third kappa shape index (κ3) is 1.41. The maximum Gasteiger partial charge on any atom is 0.0121 e. The van der Waals surface area contributed by atoms with E-state index in [2.05, 4.69) is 23.7 Å². The molecule has 1 aromatic rings. The van der Waals surface area contributed by atoms with Gasteiger partial charge >= 0.3 is 0 Å². The van der Waals surface area contributed by atoms with Gasteiger partial charge in [0, 0.05) is 17.3 Å². The summed E-state index contributed by atoms with van der Waals surface area (Å²) in [6, 6.07) is 2.28. The molecule has 1 unspecified atom stereocenters. The van der Waals surface area contributed by atoms with Crippen LogP contribution in [-0.2, 0) is 6.42 Å². The minimum absolute atomic E-state index is 0.806. The molecule has 1 atom stereocenters. The molecule has 1 saturated heterocycles. The first-order valence-corrected chi connectivity index (χ1v) is 5.56. The summed E-state index contributed by atoms with van der Waals surface area (Å²) in [6.45, 7) is 4.63. The van der Waals surface area contributed by atoms with Crippen LogP contribution >= 0.6 is 11.3 Å². The topological polar surface area (TPSA) is 12.0 Å². The lowest BCUT2D eigenvalue weighted by Gasteiger charge is -2.07. The van der Waals surface area contributed by atoms with E-state index in [1.807, 2.05) is 11.3 Å². The number of nitrogens with one attached hydrogen (secondary N) is 1. The van der Waals surface area contributed by atoms with E-state index in [0.717, 1.165) is 5.92 Å². The maximum atomic E-state index is 3.42. The second kappa shape index (κ2) is 3.58. The standard InChI is InChI=1S/C10H15NS/c1-2-8-4-6-12-10(8)9-3-5-11-7-9/h4,6,9,11H,2-3,5,7H2,1H3. The first kappa shape index (κ1) is 8.27. The smallest absolute Gasteiger partial charge is 0.0121 e. The predicted molar refractivity (Wildman–Crippen MR) is 53.9 cm³/mol. The summed E-state index contributed by atoms with van der Waals surface area (Å²) in [6.07, 6.45) is 2.52. The van der Waals surface area contributed by atoms with Crippen LogP contribution in [0.2, 0.25) is 0 Å². The average molecular weight is 181 g/mol. The Morgan fingerprint density at radius 1 is 1.67 bits per heavy atom. The predicted octanol–water partition coefficient (Wildman–Crippen LogP) is 2.39. The minimum atomic E-state index is 0.806. The molecular formula is C10H15NS. The van der Waals surface area contributed by atoms with Crippen LogP contribution in [0.5, 0.6) is 0 Å². The zero-order chi connectivity index (χ0) is 8.39. The molecular weight excluding hydrogens is 166 g/mol. The van der Waals surface area contributed by atoms with Crippen molar-refractivity contribution in [3.05, 3.63) is 21.9 Å². The van der Waals surface area contributed by atoms with Crippen molar-refractivity contribution in [1.82, 2.24) is 5.32 Å². The molecule has 0 bridgehead atoms. The third-order valence-corrected chi connectivity index (χ3v) is 3.71. The quantitative estimate of drug-likeness (QED) is 0.738. The highest BCUT2D eigenvalue weighted by atomic mass is 32.1. The average Bonchev–Trinajstić information content (AvgIpc) is 2.74. The molecule has 2 heterocycles. The first-order valence-electron chi connectivity index (χ1n) is 4.68. The molecule has 0 aromatic carbocycles. The van der Waals surface area contributed by atoms with Crippen molar-refractivity contribution in [2.75, 3.05) is 13.1 Å². The number of hydrogen-bond donors (Lipinski definition) is 1. The Hall–Kier alpha value is -0.340. The van der Waals surface area contributed by atoms with Gasteiger partial charge in [0.05, 0.1) is 0 Å². The summed E-state index contributed by atoms with van der Waals surface area (Å²) in [5, 5.41) is 5.65. The molecule has 0 radical (unpaired) electrons. The van der Waals surface area contributed by atoms with E-state index >= 15 is 0 Å². The van der Waals surface area contributed by atoms with Crippen LogP contribution in [0.1, 0.15) is 29.7 Å². The van der Waals surface area contributed by atoms with Crippen molar-refractivity contribution in [2.24, 2.45) is 0 Å². The normalized spacial score (nSPS) is 23.2. The van der Waals surface area contributed by atoms with Crippen molar-refractivity contribution in [3.63, 3.8) is 0 Å². The highest BCUT2D eigenvalue weighted by Gasteiger charge is 2.19. The molecule has 0 aliphatic carbocycles. The summed E-state index contributed by atoms with van der Waals surface area (Å²) in [7, 11) is 0. The van der Waals surface area contributed by atoms with E-state index < -0.39 is 0 Å². The molecule has 2 rings (SSSR count). The first-order chi connectivity index (χ1) is 5.92. The lowest BCUT2D eigenvalue weighted by Crippen LogP contribution is -2.07. The van der Waals surface area contributed by atoms with Crippen LogP contribution in [0.4, 0.5) is 0 Å². The summed E-state index contributed by atoms with van der Waals surface area (Å²) < 4.78 is 0. The zero-order valence-corrected chi connectivity index (χ0v) is 8.29. The fourth-order valence-corrected chi connectivity index (χ4v) is 3.01. The second-order valence-corrected chi connectivity index (χ2v) is 4.30. The van der Waals surface area contributed by atoms with Gasteiger partial charge < -0.3 is 5.32 Å². The Balaban J connectivity index is 2.19. The van der Waals surface area contributed by atoms with Gasteiger partial charge in [0.15, 0.2) is 0 Å². The maximum absolute atomic E-state index is 3.42. The van der Waals surface area contributed by atoms with Crippen molar-refractivity contribution < 1.29 is 0 Å². The second-order valence-electron chi connectivity index (χ2n) is 3.35. The highest BCUT2D eigenvalue weighted by molar-refractivity contribution is 7.10. The molecule has 0 spiro atoms. The summed E-state index contributed by atoms with van der Waals surface area (Å²) in [5.74, 6) is 0.806. The van der Waals surface area contributed by atoms with Crippen LogP contribution in [0.3, 0.4) is 0 Å². The Labute approximate surface area is 77.8 Å². The van der Waals surface area contributed by atoms with Gasteiger partial charge in [-0.3, -0.25) is 0 Å². The lowest BCUT2D eigenvalue weighted by molar-refractivity contribution is 0.769. The van der Waals surface area contributed by atoms with Gasteiger partial charge in [-0.05, 0) is 36.4 Å². The third-order valence-electron chi connectivity index (χ3n) is 2.59. The van der Waals surface area contributed by atoms with E-state index in [0.29, 0.717) is 0 Å². The van der Waals surface area contributed by atoms with Gasteiger partial charge in [-0.25, -0.2) is 0 Å². The number of rotatable bonds is 2. The van der Waals surface area contributed by atoms with Crippen molar-refractivity contribution in [3.8, 4) is 0 Å².